The van der Waals surface area contributed by atoms with Crippen molar-refractivity contribution in [1.82, 2.24) is 24.8 Å². The number of carbonyl (C=O) groups excluding carboxylic acids is 5. The first-order valence-corrected chi connectivity index (χ1v) is 22.3. The number of esters is 1. The molecule has 294 valence electrons. The Morgan fingerprint density at radius 3 is 2.55 bits per heavy atom. The maximum Gasteiger partial charge on any atom is 0.306 e. The molecule has 4 amide bonds. The van der Waals surface area contributed by atoms with Crippen LogP contribution in [0.1, 0.15) is 94.0 Å². The van der Waals surface area contributed by atoms with Gasteiger partial charge in [-0.15, -0.1) is 0 Å². The maximum absolute atomic E-state index is 14.7. The number of hydrogen-bond donors (Lipinski definition) is 2. The second kappa shape index (κ2) is 15.4. The Hall–Kier alpha value is -4.11. The van der Waals surface area contributed by atoms with E-state index in [9.17, 15) is 32.4 Å². The molecule has 6 aliphatic rings. The van der Waals surface area contributed by atoms with Gasteiger partial charge in [0.05, 0.1) is 17.4 Å². The van der Waals surface area contributed by atoms with Crippen molar-refractivity contribution < 1.29 is 37.1 Å². The Morgan fingerprint density at radius 1 is 0.982 bits per heavy atom. The number of allylic oxidation sites excluding steroid dienone is 1. The molecule has 0 bridgehead atoms. The number of ether oxygens (including phenoxy) is 1. The predicted octanol–water partition coefficient (Wildman–Crippen LogP) is 4.20. The van der Waals surface area contributed by atoms with Crippen LogP contribution in [0.15, 0.2) is 47.2 Å². The van der Waals surface area contributed by atoms with Crippen LogP contribution in [0.2, 0.25) is 0 Å². The molecule has 0 radical (unpaired) electrons. The molecule has 55 heavy (non-hydrogen) atoms. The number of pyridine rings is 1. The molecular weight excluding hydrogens is 743 g/mol. The molecule has 5 fully saturated rings. The summed E-state index contributed by atoms with van der Waals surface area (Å²) in [6.07, 6.45) is 12.0. The average Bonchev–Trinajstić information content (AvgIpc) is 3.79. The number of fused-ring (bicyclic) bond motifs is 4. The number of aromatic nitrogens is 1. The number of likely N-dealkylation sites (tertiary alicyclic amines) is 1. The van der Waals surface area contributed by atoms with Gasteiger partial charge in [-0.3, -0.25) is 28.7 Å². The second-order valence-electron chi connectivity index (χ2n) is 16.3. The minimum absolute atomic E-state index is 0.0837. The molecule has 0 spiro atoms. The first kappa shape index (κ1) is 37.8. The fourth-order valence-electron chi connectivity index (χ4n) is 9.10. The van der Waals surface area contributed by atoms with E-state index in [4.69, 9.17) is 4.74 Å². The molecule has 2 aromatic heterocycles. The molecule has 5 heterocycles. The van der Waals surface area contributed by atoms with E-state index >= 15 is 0 Å². The van der Waals surface area contributed by atoms with Gasteiger partial charge in [0, 0.05) is 54.2 Å². The first-order valence-electron chi connectivity index (χ1n) is 19.9. The van der Waals surface area contributed by atoms with Crippen molar-refractivity contribution in [3.8, 4) is 11.3 Å². The maximum atomic E-state index is 14.7. The molecule has 3 aliphatic heterocycles. The van der Waals surface area contributed by atoms with E-state index in [1.54, 1.807) is 21.9 Å². The summed E-state index contributed by atoms with van der Waals surface area (Å²) < 4.78 is 33.9. The third-order valence-electron chi connectivity index (χ3n) is 12.4. The van der Waals surface area contributed by atoms with Crippen LogP contribution in [0.3, 0.4) is 0 Å². The largest absolute Gasteiger partial charge is 0.462 e. The number of thiophene rings is 1. The zero-order valence-corrected chi connectivity index (χ0v) is 32.5. The SMILES string of the molecule is O=C(C[C@H]1CCCCC/C=C\[C@@H]2C[C@@]2(C(=O)NS(=O)(=O)C2CC2)NC(=O)[C@@H]2[C@H]3CN(C(=O)c4cccc(-c5ccsc5)n4)C[C@H]3CN2C1=O)OC1CCCC1. The van der Waals surface area contributed by atoms with E-state index in [1.807, 2.05) is 35.0 Å². The summed E-state index contributed by atoms with van der Waals surface area (Å²) in [5, 5.41) is 6.25. The molecule has 15 heteroatoms. The van der Waals surface area contributed by atoms with E-state index in [1.165, 1.54) is 11.3 Å². The van der Waals surface area contributed by atoms with E-state index < -0.39 is 62.4 Å². The zero-order valence-electron chi connectivity index (χ0n) is 30.9. The summed E-state index contributed by atoms with van der Waals surface area (Å²) in [5.41, 5.74) is 0.385. The Kier molecular flexibility index (Phi) is 10.6. The van der Waals surface area contributed by atoms with Crippen molar-refractivity contribution >= 4 is 51.0 Å². The number of rotatable bonds is 8. The lowest BCUT2D eigenvalue weighted by Crippen LogP contribution is -2.58. The fourth-order valence-corrected chi connectivity index (χ4v) is 11.1. The summed E-state index contributed by atoms with van der Waals surface area (Å²) >= 11 is 1.54. The van der Waals surface area contributed by atoms with Crippen LogP contribution >= 0.6 is 11.3 Å². The van der Waals surface area contributed by atoms with Crippen molar-refractivity contribution in [1.29, 1.82) is 0 Å². The van der Waals surface area contributed by atoms with Gasteiger partial charge < -0.3 is 19.9 Å². The lowest BCUT2D eigenvalue weighted by Gasteiger charge is -2.32. The summed E-state index contributed by atoms with van der Waals surface area (Å²) in [6, 6.07) is 6.22. The van der Waals surface area contributed by atoms with Crippen LogP contribution in [-0.2, 0) is 33.9 Å². The molecule has 13 nitrogen and oxygen atoms in total. The van der Waals surface area contributed by atoms with E-state index in [0.29, 0.717) is 37.9 Å². The van der Waals surface area contributed by atoms with Crippen molar-refractivity contribution in [2.24, 2.45) is 23.7 Å². The van der Waals surface area contributed by atoms with Crippen LogP contribution < -0.4 is 10.0 Å². The number of carbonyl (C=O) groups is 5. The number of amides is 4. The van der Waals surface area contributed by atoms with E-state index in [0.717, 1.165) is 50.5 Å². The Balaban J connectivity index is 1.07. The molecule has 0 unspecified atom stereocenters. The van der Waals surface area contributed by atoms with Gasteiger partial charge in [-0.2, -0.15) is 11.3 Å². The normalized spacial score (nSPS) is 30.7. The molecule has 2 saturated heterocycles. The average molecular weight is 792 g/mol. The highest BCUT2D eigenvalue weighted by Crippen LogP contribution is 2.47. The quantitative estimate of drug-likeness (QED) is 0.294. The third-order valence-corrected chi connectivity index (χ3v) is 14.9. The molecular formula is C40H49N5O8S2. The summed E-state index contributed by atoms with van der Waals surface area (Å²) in [7, 11) is -3.89. The fraction of sp³-hybridized carbons (Fsp3) is 0.600. The zero-order chi connectivity index (χ0) is 38.3. The first-order chi connectivity index (χ1) is 26.5. The van der Waals surface area contributed by atoms with Gasteiger partial charge >= 0.3 is 5.97 Å². The number of nitrogens with one attached hydrogen (secondary N) is 2. The second-order valence-corrected chi connectivity index (χ2v) is 19.0. The van der Waals surface area contributed by atoms with Gasteiger partial charge in [0.2, 0.25) is 21.8 Å². The molecule has 2 N–H and O–H groups in total. The number of nitrogens with zero attached hydrogens (tertiary/aromatic N) is 3. The van der Waals surface area contributed by atoms with Gasteiger partial charge in [-0.05, 0) is 87.8 Å². The highest BCUT2D eigenvalue weighted by atomic mass is 32.2. The highest BCUT2D eigenvalue weighted by molar-refractivity contribution is 7.91. The molecule has 0 aromatic carbocycles. The number of sulfonamides is 1. The van der Waals surface area contributed by atoms with Crippen molar-refractivity contribution in [3.63, 3.8) is 0 Å². The van der Waals surface area contributed by atoms with Crippen molar-refractivity contribution in [2.75, 3.05) is 19.6 Å². The minimum Gasteiger partial charge on any atom is -0.462 e. The standard InChI is InChI=1S/C40H49N5O8S2/c46-34(53-29-11-6-7-12-29)19-25-9-4-2-1-3-5-10-28-20-40(28,39(50)43-55(51,52)30-15-16-30)42-36(47)35-31-23-44(21-27(31)22-45(35)37(25)48)38(49)33-14-8-13-32(41-33)26-17-18-54-24-26/h5,8,10,13-14,17-18,24-25,27-31,35H,1-4,6-7,9,11-12,15-16,19-23H2,(H,42,47)(H,43,50)/b10-5-/t25-,27+,28-,31+,35+,40-/m1/s1. The topological polar surface area (TPSA) is 172 Å². The van der Waals surface area contributed by atoms with E-state index in [-0.39, 0.29) is 55.5 Å². The highest BCUT2D eigenvalue weighted by Gasteiger charge is 2.63. The van der Waals surface area contributed by atoms with Crippen LogP contribution in [0.5, 0.6) is 0 Å². The lowest BCUT2D eigenvalue weighted by molar-refractivity contribution is -0.154. The number of hydrogen-bond acceptors (Lipinski definition) is 10. The van der Waals surface area contributed by atoms with Crippen molar-refractivity contribution in [3.05, 3.63) is 52.9 Å². The molecule has 2 aromatic rings. The Morgan fingerprint density at radius 2 is 1.78 bits per heavy atom. The predicted molar refractivity (Wildman–Crippen MR) is 204 cm³/mol. The molecule has 8 rings (SSSR count). The van der Waals surface area contributed by atoms with Gasteiger partial charge in [0.1, 0.15) is 23.4 Å². The summed E-state index contributed by atoms with van der Waals surface area (Å²) in [4.78, 5) is 78.3. The van der Waals surface area contributed by atoms with Gasteiger partial charge in [-0.1, -0.05) is 31.1 Å². The van der Waals surface area contributed by atoms with Gasteiger partial charge in [0.15, 0.2) is 0 Å². The van der Waals surface area contributed by atoms with Crippen LogP contribution in [0.4, 0.5) is 0 Å². The smallest absolute Gasteiger partial charge is 0.306 e. The Bertz CT molecular complexity index is 1960. The van der Waals surface area contributed by atoms with E-state index in [2.05, 4.69) is 15.0 Å². The van der Waals surface area contributed by atoms with Crippen LogP contribution in [0, 0.1) is 23.7 Å². The summed E-state index contributed by atoms with van der Waals surface area (Å²) in [5.74, 6) is -4.15. The molecule has 3 aliphatic carbocycles. The lowest BCUT2D eigenvalue weighted by atomic mass is 9.92. The van der Waals surface area contributed by atoms with Crippen LogP contribution in [0.25, 0.3) is 11.3 Å². The van der Waals surface area contributed by atoms with Gasteiger partial charge in [0.25, 0.3) is 11.8 Å². The Labute approximate surface area is 325 Å². The molecule has 3 saturated carbocycles. The minimum atomic E-state index is -3.89. The van der Waals surface area contributed by atoms with Crippen LogP contribution in [-0.4, -0.2) is 95.4 Å². The third kappa shape index (κ3) is 7.96. The van der Waals surface area contributed by atoms with Crippen molar-refractivity contribution in [2.45, 2.75) is 106 Å². The summed E-state index contributed by atoms with van der Waals surface area (Å²) in [6.45, 7) is 0.676. The molecule has 6 atom stereocenters. The monoisotopic (exact) mass is 791 g/mol. The van der Waals surface area contributed by atoms with Gasteiger partial charge in [-0.25, -0.2) is 13.4 Å².